The Bertz CT molecular complexity index is 610. The largest absolute Gasteiger partial charge is 0.346 e. The van der Waals surface area contributed by atoms with Crippen LogP contribution < -0.4 is 11.1 Å². The van der Waals surface area contributed by atoms with Crippen molar-refractivity contribution in [2.75, 3.05) is 6.54 Å². The fourth-order valence-electron chi connectivity index (χ4n) is 2.25. The van der Waals surface area contributed by atoms with Gasteiger partial charge < -0.3 is 11.1 Å². The van der Waals surface area contributed by atoms with Crippen LogP contribution in [0, 0.1) is 0 Å². The van der Waals surface area contributed by atoms with Gasteiger partial charge in [0, 0.05) is 11.8 Å². The minimum absolute atomic E-state index is 0.0819. The number of aryl methyl sites for hydroxylation is 1. The number of nitrogens with two attached hydrogens (primary N) is 1. The van der Waals surface area contributed by atoms with Crippen molar-refractivity contribution >= 4 is 5.91 Å². The normalized spacial score (nSPS) is 10.4. The Balaban J connectivity index is 2.03. The standard InChI is InChI=1S/C17H21N3O/c1-2-14-7-4-10-19-16(14)12-20-17(21)15-6-3-5-13(11-15)8-9-18/h3-7,10-11H,2,8-9,12,18H2,1H3,(H,20,21). The Morgan fingerprint density at radius 1 is 1.29 bits per heavy atom. The number of amides is 1. The number of aromatic nitrogens is 1. The van der Waals surface area contributed by atoms with E-state index in [0.29, 0.717) is 18.7 Å². The molecule has 0 aliphatic carbocycles. The van der Waals surface area contributed by atoms with Gasteiger partial charge in [-0.1, -0.05) is 25.1 Å². The van der Waals surface area contributed by atoms with Crippen molar-refractivity contribution in [3.63, 3.8) is 0 Å². The number of pyridine rings is 1. The molecular formula is C17H21N3O. The average Bonchev–Trinajstić information content (AvgIpc) is 2.53. The summed E-state index contributed by atoms with van der Waals surface area (Å²) in [6, 6.07) is 11.5. The van der Waals surface area contributed by atoms with Gasteiger partial charge in [0.2, 0.25) is 0 Å². The van der Waals surface area contributed by atoms with Crippen molar-refractivity contribution in [3.8, 4) is 0 Å². The number of benzene rings is 1. The van der Waals surface area contributed by atoms with Crippen LogP contribution in [0.15, 0.2) is 42.6 Å². The van der Waals surface area contributed by atoms with Crippen LogP contribution in [0.1, 0.15) is 34.1 Å². The van der Waals surface area contributed by atoms with Crippen LogP contribution >= 0.6 is 0 Å². The molecule has 1 heterocycles. The first-order valence-electron chi connectivity index (χ1n) is 7.24. The first kappa shape index (κ1) is 15.2. The van der Waals surface area contributed by atoms with E-state index in [1.165, 1.54) is 0 Å². The van der Waals surface area contributed by atoms with Crippen LogP contribution in [0.5, 0.6) is 0 Å². The van der Waals surface area contributed by atoms with Crippen LogP contribution in [0.4, 0.5) is 0 Å². The molecule has 2 rings (SSSR count). The lowest BCUT2D eigenvalue weighted by atomic mass is 10.1. The minimum atomic E-state index is -0.0819. The molecule has 0 aliphatic rings. The Hall–Kier alpha value is -2.20. The van der Waals surface area contributed by atoms with Crippen molar-refractivity contribution < 1.29 is 4.79 Å². The number of nitrogens with one attached hydrogen (secondary N) is 1. The van der Waals surface area contributed by atoms with E-state index >= 15 is 0 Å². The van der Waals surface area contributed by atoms with E-state index in [1.54, 1.807) is 6.20 Å². The van der Waals surface area contributed by atoms with Crippen molar-refractivity contribution in [3.05, 3.63) is 65.0 Å². The summed E-state index contributed by atoms with van der Waals surface area (Å²) in [5.41, 5.74) is 9.37. The SMILES string of the molecule is CCc1cccnc1CNC(=O)c1cccc(CCN)c1. The lowest BCUT2D eigenvalue weighted by Gasteiger charge is -2.09. The van der Waals surface area contributed by atoms with Crippen molar-refractivity contribution in [1.29, 1.82) is 0 Å². The zero-order valence-corrected chi connectivity index (χ0v) is 12.3. The minimum Gasteiger partial charge on any atom is -0.346 e. The van der Waals surface area contributed by atoms with Crippen LogP contribution in [0.3, 0.4) is 0 Å². The van der Waals surface area contributed by atoms with E-state index in [1.807, 2.05) is 36.4 Å². The molecule has 1 amide bonds. The van der Waals surface area contributed by atoms with Gasteiger partial charge >= 0.3 is 0 Å². The molecule has 110 valence electrons. The summed E-state index contributed by atoms with van der Waals surface area (Å²) in [6.07, 6.45) is 3.44. The highest BCUT2D eigenvalue weighted by atomic mass is 16.1. The van der Waals surface area contributed by atoms with Gasteiger partial charge in [-0.25, -0.2) is 0 Å². The first-order chi connectivity index (χ1) is 10.2. The van der Waals surface area contributed by atoms with E-state index in [9.17, 15) is 4.79 Å². The summed E-state index contributed by atoms with van der Waals surface area (Å²) >= 11 is 0. The van der Waals surface area contributed by atoms with E-state index < -0.39 is 0 Å². The molecule has 4 nitrogen and oxygen atoms in total. The number of hydrogen-bond donors (Lipinski definition) is 2. The highest BCUT2D eigenvalue weighted by Crippen LogP contribution is 2.08. The van der Waals surface area contributed by atoms with Gasteiger partial charge in [0.25, 0.3) is 5.91 Å². The van der Waals surface area contributed by atoms with Gasteiger partial charge in [0.1, 0.15) is 0 Å². The second-order valence-corrected chi connectivity index (χ2v) is 4.88. The first-order valence-corrected chi connectivity index (χ1v) is 7.24. The fourth-order valence-corrected chi connectivity index (χ4v) is 2.25. The highest BCUT2D eigenvalue weighted by Gasteiger charge is 2.08. The Morgan fingerprint density at radius 3 is 2.90 bits per heavy atom. The molecule has 2 aromatic rings. The average molecular weight is 283 g/mol. The molecule has 0 spiro atoms. The molecule has 0 bridgehead atoms. The summed E-state index contributed by atoms with van der Waals surface area (Å²) < 4.78 is 0. The van der Waals surface area contributed by atoms with E-state index in [2.05, 4.69) is 17.2 Å². The lowest BCUT2D eigenvalue weighted by Crippen LogP contribution is -2.24. The van der Waals surface area contributed by atoms with Gasteiger partial charge in [-0.05, 0) is 48.7 Å². The smallest absolute Gasteiger partial charge is 0.251 e. The summed E-state index contributed by atoms with van der Waals surface area (Å²) in [7, 11) is 0. The van der Waals surface area contributed by atoms with Gasteiger partial charge in [-0.15, -0.1) is 0 Å². The molecule has 0 fully saturated rings. The Kier molecular flexibility index (Phi) is 5.46. The monoisotopic (exact) mass is 283 g/mol. The van der Waals surface area contributed by atoms with Gasteiger partial charge in [0.05, 0.1) is 12.2 Å². The molecule has 21 heavy (non-hydrogen) atoms. The molecule has 0 radical (unpaired) electrons. The summed E-state index contributed by atoms with van der Waals surface area (Å²) in [4.78, 5) is 16.5. The topological polar surface area (TPSA) is 68.0 Å². The zero-order chi connectivity index (χ0) is 15.1. The van der Waals surface area contributed by atoms with Crippen molar-refractivity contribution in [2.24, 2.45) is 5.73 Å². The predicted octanol–water partition coefficient (Wildman–Crippen LogP) is 2.08. The summed E-state index contributed by atoms with van der Waals surface area (Å²) in [5, 5.41) is 2.93. The van der Waals surface area contributed by atoms with Crippen molar-refractivity contribution in [1.82, 2.24) is 10.3 Å². The molecule has 3 N–H and O–H groups in total. The van der Waals surface area contributed by atoms with E-state index in [-0.39, 0.29) is 5.91 Å². The number of nitrogens with zero attached hydrogens (tertiary/aromatic N) is 1. The predicted molar refractivity (Wildman–Crippen MR) is 84.0 cm³/mol. The Labute approximate surface area is 125 Å². The zero-order valence-electron chi connectivity index (χ0n) is 12.3. The molecular weight excluding hydrogens is 262 g/mol. The molecule has 0 unspecified atom stereocenters. The third-order valence-corrected chi connectivity index (χ3v) is 3.40. The maximum Gasteiger partial charge on any atom is 0.251 e. The molecule has 4 heteroatoms. The maximum absolute atomic E-state index is 12.2. The van der Waals surface area contributed by atoms with Crippen LogP contribution in [-0.2, 0) is 19.4 Å². The molecule has 0 saturated heterocycles. The number of carbonyl (C=O) groups is 1. The van der Waals surface area contributed by atoms with Crippen LogP contribution in [0.25, 0.3) is 0 Å². The molecule has 1 aromatic heterocycles. The third-order valence-electron chi connectivity index (χ3n) is 3.40. The second kappa shape index (κ2) is 7.55. The maximum atomic E-state index is 12.2. The van der Waals surface area contributed by atoms with Crippen LogP contribution in [-0.4, -0.2) is 17.4 Å². The molecule has 0 aliphatic heterocycles. The Morgan fingerprint density at radius 2 is 2.14 bits per heavy atom. The quantitative estimate of drug-likeness (QED) is 0.853. The molecule has 0 saturated carbocycles. The number of carbonyl (C=O) groups excluding carboxylic acids is 1. The lowest BCUT2D eigenvalue weighted by molar-refractivity contribution is 0.0950. The van der Waals surface area contributed by atoms with E-state index in [0.717, 1.165) is 29.7 Å². The summed E-state index contributed by atoms with van der Waals surface area (Å²) in [5.74, 6) is -0.0819. The van der Waals surface area contributed by atoms with E-state index in [4.69, 9.17) is 5.73 Å². The van der Waals surface area contributed by atoms with Gasteiger partial charge in [0.15, 0.2) is 0 Å². The summed E-state index contributed by atoms with van der Waals surface area (Å²) in [6.45, 7) is 3.11. The fraction of sp³-hybridized carbons (Fsp3) is 0.294. The molecule has 1 aromatic carbocycles. The highest BCUT2D eigenvalue weighted by molar-refractivity contribution is 5.94. The molecule has 0 atom stereocenters. The number of hydrogen-bond acceptors (Lipinski definition) is 3. The van der Waals surface area contributed by atoms with Crippen molar-refractivity contribution in [2.45, 2.75) is 26.3 Å². The third kappa shape index (κ3) is 4.13. The van der Waals surface area contributed by atoms with Crippen LogP contribution in [0.2, 0.25) is 0 Å². The van der Waals surface area contributed by atoms with Gasteiger partial charge in [-0.2, -0.15) is 0 Å². The van der Waals surface area contributed by atoms with Gasteiger partial charge in [-0.3, -0.25) is 9.78 Å². The second-order valence-electron chi connectivity index (χ2n) is 4.88. The number of rotatable bonds is 6.